The number of nitrogens with one attached hydrogen (secondary N) is 1. The van der Waals surface area contributed by atoms with Gasteiger partial charge in [-0.3, -0.25) is 0 Å². The molecule has 170 valence electrons. The monoisotopic (exact) mass is 444 g/mol. The van der Waals surface area contributed by atoms with Crippen molar-refractivity contribution < 1.29 is 4.74 Å². The van der Waals surface area contributed by atoms with Crippen molar-refractivity contribution in [3.63, 3.8) is 0 Å². The van der Waals surface area contributed by atoms with Gasteiger partial charge in [-0.25, -0.2) is 14.2 Å². The van der Waals surface area contributed by atoms with E-state index in [9.17, 15) is 0 Å². The minimum absolute atomic E-state index is 0.263. The van der Waals surface area contributed by atoms with Crippen molar-refractivity contribution in [2.45, 2.75) is 45.1 Å². The lowest BCUT2D eigenvalue weighted by Crippen LogP contribution is -2.09. The van der Waals surface area contributed by atoms with Crippen LogP contribution in [0.25, 0.3) is 17.0 Å². The fourth-order valence-corrected chi connectivity index (χ4v) is 4.40. The van der Waals surface area contributed by atoms with Gasteiger partial charge in [-0.15, -0.1) is 0 Å². The molecule has 0 radical (unpaired) electrons. The van der Waals surface area contributed by atoms with E-state index in [1.54, 1.807) is 11.7 Å². The maximum absolute atomic E-state index is 6.09. The highest BCUT2D eigenvalue weighted by molar-refractivity contribution is 5.78. The number of benzene rings is 1. The Bertz CT molecular complexity index is 1250. The van der Waals surface area contributed by atoms with Crippen LogP contribution < -0.4 is 10.1 Å². The van der Waals surface area contributed by atoms with E-state index >= 15 is 0 Å². The molecule has 1 N–H and O–H groups in total. The van der Waals surface area contributed by atoms with Crippen molar-refractivity contribution in [3.8, 4) is 12.0 Å². The number of para-hydroxylation sites is 2. The molecule has 1 saturated carbocycles. The van der Waals surface area contributed by atoms with E-state index in [0.717, 1.165) is 40.6 Å². The second kappa shape index (κ2) is 9.40. The van der Waals surface area contributed by atoms with E-state index in [1.165, 1.54) is 32.1 Å². The fraction of sp³-hybridized carbons (Fsp3) is 0.375. The molecule has 3 heterocycles. The van der Waals surface area contributed by atoms with Crippen molar-refractivity contribution >= 4 is 16.9 Å². The lowest BCUT2D eigenvalue weighted by Gasteiger charge is -2.13. The van der Waals surface area contributed by atoms with Gasteiger partial charge in [-0.05, 0) is 53.5 Å². The van der Waals surface area contributed by atoms with Crippen LogP contribution in [-0.4, -0.2) is 34.7 Å². The number of imidazole rings is 1. The van der Waals surface area contributed by atoms with E-state index in [4.69, 9.17) is 9.72 Å². The molecule has 5 rings (SSSR count). The smallest absolute Gasteiger partial charge is 0.305 e. The highest BCUT2D eigenvalue weighted by Crippen LogP contribution is 2.30. The Kier molecular flexibility index (Phi) is 6.01. The van der Waals surface area contributed by atoms with Crippen LogP contribution in [-0.2, 0) is 13.7 Å². The van der Waals surface area contributed by atoms with E-state index < -0.39 is 0 Å². The number of pyridine rings is 1. The van der Waals surface area contributed by atoms with Gasteiger partial charge in [0.25, 0.3) is 5.95 Å². The summed E-state index contributed by atoms with van der Waals surface area (Å²) >= 11 is 0. The number of ether oxygens (including phenoxy) is 1. The molecule has 33 heavy (non-hydrogen) atoms. The first-order valence-corrected chi connectivity index (χ1v) is 11.4. The van der Waals surface area contributed by atoms with Crippen LogP contribution in [0.4, 0.5) is 5.82 Å². The van der Waals surface area contributed by atoms with Crippen molar-refractivity contribution in [1.82, 2.24) is 34.7 Å². The summed E-state index contributed by atoms with van der Waals surface area (Å²) in [4.78, 5) is 9.32. The van der Waals surface area contributed by atoms with E-state index in [0.29, 0.717) is 12.0 Å². The predicted octanol–water partition coefficient (Wildman–Crippen LogP) is 4.42. The van der Waals surface area contributed by atoms with Crippen molar-refractivity contribution in [1.29, 1.82) is 0 Å². The molecule has 0 aliphatic heterocycles. The van der Waals surface area contributed by atoms with E-state index in [2.05, 4.69) is 32.4 Å². The van der Waals surface area contributed by atoms with Gasteiger partial charge in [-0.2, -0.15) is 4.98 Å². The van der Waals surface area contributed by atoms with Crippen molar-refractivity contribution in [3.05, 3.63) is 60.4 Å². The zero-order valence-electron chi connectivity index (χ0n) is 18.8. The molecule has 0 saturated heterocycles. The molecule has 1 aliphatic rings. The average Bonchev–Trinajstić information content (AvgIpc) is 3.56. The maximum Gasteiger partial charge on any atom is 0.305 e. The SMILES string of the molecule is C=C(CCC1CCCC1)Nc1cccc(COc2nc3ccccc3n2-c2nnnn2C)n1. The lowest BCUT2D eigenvalue weighted by atomic mass is 10.0. The Morgan fingerprint density at radius 2 is 1.97 bits per heavy atom. The minimum atomic E-state index is 0.263. The van der Waals surface area contributed by atoms with Gasteiger partial charge >= 0.3 is 6.01 Å². The molecule has 9 heteroatoms. The summed E-state index contributed by atoms with van der Waals surface area (Å²) < 4.78 is 9.48. The predicted molar refractivity (Wildman–Crippen MR) is 126 cm³/mol. The number of anilines is 1. The number of aromatic nitrogens is 7. The second-order valence-electron chi connectivity index (χ2n) is 8.54. The number of tetrazole rings is 1. The quantitative estimate of drug-likeness (QED) is 0.408. The molecule has 0 unspecified atom stereocenters. The maximum atomic E-state index is 6.09. The van der Waals surface area contributed by atoms with Gasteiger partial charge in [0.15, 0.2) is 0 Å². The number of rotatable bonds is 9. The standard InChI is InChI=1S/C24H28N8O/c1-17(14-15-18-8-3-4-9-18)25-22-13-7-10-19(26-22)16-33-24-27-20-11-5-6-12-21(20)32(24)23-28-29-30-31(23)2/h5-7,10-13,18H,1,3-4,8-9,14-16H2,2H3,(H,25,26). The number of hydrogen-bond donors (Lipinski definition) is 1. The van der Waals surface area contributed by atoms with Crippen molar-refractivity contribution in [2.24, 2.45) is 13.0 Å². The van der Waals surface area contributed by atoms with E-state index in [1.807, 2.05) is 47.0 Å². The van der Waals surface area contributed by atoms with Gasteiger partial charge in [-0.1, -0.05) is 55.6 Å². The van der Waals surface area contributed by atoms with Gasteiger partial charge in [0, 0.05) is 12.7 Å². The average molecular weight is 445 g/mol. The number of allylic oxidation sites excluding steroid dienone is 1. The minimum Gasteiger partial charge on any atom is -0.458 e. The van der Waals surface area contributed by atoms with Crippen molar-refractivity contribution in [2.75, 3.05) is 5.32 Å². The molecular formula is C24H28N8O. The Balaban J connectivity index is 1.28. The van der Waals surface area contributed by atoms with Gasteiger partial charge in [0.1, 0.15) is 12.4 Å². The van der Waals surface area contributed by atoms with Crippen LogP contribution in [0.15, 0.2) is 54.7 Å². The van der Waals surface area contributed by atoms with Gasteiger partial charge in [0.2, 0.25) is 0 Å². The van der Waals surface area contributed by atoms with Crippen LogP contribution in [0.3, 0.4) is 0 Å². The number of hydrogen-bond acceptors (Lipinski definition) is 7. The summed E-state index contributed by atoms with van der Waals surface area (Å²) in [5.74, 6) is 2.15. The number of fused-ring (bicyclic) bond motifs is 1. The molecule has 0 amide bonds. The number of nitrogens with zero attached hydrogens (tertiary/aromatic N) is 7. The lowest BCUT2D eigenvalue weighted by molar-refractivity contribution is 0.272. The molecule has 0 spiro atoms. The molecule has 3 aromatic heterocycles. The third-order valence-corrected chi connectivity index (χ3v) is 6.12. The van der Waals surface area contributed by atoms with Crippen LogP contribution in [0, 0.1) is 5.92 Å². The summed E-state index contributed by atoms with van der Waals surface area (Å²) in [6, 6.07) is 14.0. The first-order valence-electron chi connectivity index (χ1n) is 11.4. The van der Waals surface area contributed by atoms with Crippen LogP contribution in [0.5, 0.6) is 6.01 Å². The molecular weight excluding hydrogens is 416 g/mol. The first-order chi connectivity index (χ1) is 16.2. The summed E-state index contributed by atoms with van der Waals surface area (Å²) in [6.45, 7) is 4.45. The Labute approximate surface area is 192 Å². The van der Waals surface area contributed by atoms with Crippen LogP contribution in [0.1, 0.15) is 44.2 Å². The first kappa shape index (κ1) is 21.1. The van der Waals surface area contributed by atoms with Gasteiger partial charge < -0.3 is 10.1 Å². The third kappa shape index (κ3) is 4.72. The van der Waals surface area contributed by atoms with E-state index in [-0.39, 0.29) is 6.61 Å². The van der Waals surface area contributed by atoms with Gasteiger partial charge in [0.05, 0.1) is 16.7 Å². The normalized spacial score (nSPS) is 14.1. The topological polar surface area (TPSA) is 95.6 Å². The molecule has 1 fully saturated rings. The molecule has 0 atom stereocenters. The van der Waals surface area contributed by atoms with Crippen LogP contribution in [0.2, 0.25) is 0 Å². The Morgan fingerprint density at radius 3 is 2.79 bits per heavy atom. The summed E-state index contributed by atoms with van der Waals surface area (Å²) in [7, 11) is 1.78. The third-order valence-electron chi connectivity index (χ3n) is 6.12. The highest BCUT2D eigenvalue weighted by atomic mass is 16.5. The number of aryl methyl sites for hydroxylation is 1. The Hall–Kier alpha value is -3.75. The molecule has 1 aliphatic carbocycles. The molecule has 1 aromatic carbocycles. The zero-order chi connectivity index (χ0) is 22.6. The second-order valence-corrected chi connectivity index (χ2v) is 8.54. The summed E-state index contributed by atoms with van der Waals surface area (Å²) in [5.41, 5.74) is 3.46. The fourth-order valence-electron chi connectivity index (χ4n) is 4.40. The summed E-state index contributed by atoms with van der Waals surface area (Å²) in [6.07, 6.45) is 7.62. The Morgan fingerprint density at radius 1 is 1.12 bits per heavy atom. The molecule has 4 aromatic rings. The zero-order valence-corrected chi connectivity index (χ0v) is 18.8. The summed E-state index contributed by atoms with van der Waals surface area (Å²) in [5, 5.41) is 15.2. The molecule has 9 nitrogen and oxygen atoms in total. The highest BCUT2D eigenvalue weighted by Gasteiger charge is 2.18. The van der Waals surface area contributed by atoms with Crippen LogP contribution >= 0.6 is 0 Å². The molecule has 0 bridgehead atoms. The largest absolute Gasteiger partial charge is 0.458 e.